The van der Waals surface area contributed by atoms with Crippen molar-refractivity contribution < 1.29 is 13.2 Å². The van der Waals surface area contributed by atoms with Gasteiger partial charge in [0.2, 0.25) is 0 Å². The van der Waals surface area contributed by atoms with Crippen molar-refractivity contribution in [3.8, 4) is 0 Å². The number of amides is 1. The van der Waals surface area contributed by atoms with Crippen molar-refractivity contribution in [2.75, 3.05) is 17.8 Å². The summed E-state index contributed by atoms with van der Waals surface area (Å²) < 4.78 is 28.8. The molecule has 1 fully saturated rings. The molecule has 7 heteroatoms. The third-order valence-electron chi connectivity index (χ3n) is 4.79. The van der Waals surface area contributed by atoms with Crippen LogP contribution in [0.15, 0.2) is 57.9 Å². The van der Waals surface area contributed by atoms with Crippen molar-refractivity contribution in [3.05, 3.63) is 58.6 Å². The lowest BCUT2D eigenvalue weighted by Crippen LogP contribution is -2.32. The van der Waals surface area contributed by atoms with Gasteiger partial charge in [-0.25, -0.2) is 8.42 Å². The number of carbonyl (C=O) groups excluding carboxylic acids is 1. The number of hydrogen-bond acceptors (Lipinski definition) is 3. The highest BCUT2D eigenvalue weighted by Gasteiger charge is 2.22. The number of hydrogen-bond donors (Lipinski definition) is 1. The molecule has 1 amide bonds. The fourth-order valence-corrected chi connectivity index (χ4v) is 4.55. The minimum atomic E-state index is -3.76. The lowest BCUT2D eigenvalue weighted by Gasteiger charge is -2.21. The zero-order valence-corrected chi connectivity index (χ0v) is 17.6. The molecule has 0 aliphatic carbocycles. The van der Waals surface area contributed by atoms with Crippen LogP contribution >= 0.6 is 15.9 Å². The molecular weight excluding hydrogens is 428 g/mol. The topological polar surface area (TPSA) is 66.5 Å². The molecule has 5 nitrogen and oxygen atoms in total. The molecule has 0 radical (unpaired) electrons. The number of anilines is 1. The van der Waals surface area contributed by atoms with Crippen LogP contribution in [0.5, 0.6) is 0 Å². The van der Waals surface area contributed by atoms with Crippen LogP contribution in [-0.4, -0.2) is 32.3 Å². The molecule has 1 saturated heterocycles. The molecule has 2 aromatic carbocycles. The van der Waals surface area contributed by atoms with Crippen LogP contribution in [0.1, 0.15) is 36.5 Å². The van der Waals surface area contributed by atoms with E-state index in [1.165, 1.54) is 12.1 Å². The first-order valence-corrected chi connectivity index (χ1v) is 11.3. The van der Waals surface area contributed by atoms with E-state index < -0.39 is 10.0 Å². The Bertz CT molecular complexity index is 913. The maximum absolute atomic E-state index is 12.8. The SMILES string of the molecule is CC1CCCN(C(=O)c2cccc(S(=O)(=O)Nc3ccc(Br)cc3)c2)CC1. The van der Waals surface area contributed by atoms with Crippen LogP contribution < -0.4 is 4.72 Å². The number of halogens is 1. The van der Waals surface area contributed by atoms with Crippen LogP contribution in [0.4, 0.5) is 5.69 Å². The Kier molecular flexibility index (Phi) is 6.22. The van der Waals surface area contributed by atoms with E-state index in [0.29, 0.717) is 23.7 Å². The Hall–Kier alpha value is -1.86. The molecule has 0 saturated carbocycles. The molecular formula is C20H23BrN2O3S. The molecule has 0 spiro atoms. The van der Waals surface area contributed by atoms with Crippen LogP contribution in [0, 0.1) is 5.92 Å². The van der Waals surface area contributed by atoms with E-state index in [1.807, 2.05) is 4.90 Å². The second kappa shape index (κ2) is 8.44. The summed E-state index contributed by atoms with van der Waals surface area (Å²) in [6.07, 6.45) is 3.08. The molecule has 1 aliphatic rings. The Morgan fingerprint density at radius 1 is 1.11 bits per heavy atom. The minimum absolute atomic E-state index is 0.0828. The first-order chi connectivity index (χ1) is 12.8. The molecule has 1 unspecified atom stereocenters. The van der Waals surface area contributed by atoms with Gasteiger partial charge >= 0.3 is 0 Å². The van der Waals surface area contributed by atoms with Gasteiger partial charge in [-0.15, -0.1) is 0 Å². The second-order valence-electron chi connectivity index (χ2n) is 6.97. The third kappa shape index (κ3) is 5.11. The largest absolute Gasteiger partial charge is 0.339 e. The van der Waals surface area contributed by atoms with E-state index in [0.717, 1.165) is 30.3 Å². The average molecular weight is 451 g/mol. The van der Waals surface area contributed by atoms with Gasteiger partial charge < -0.3 is 4.90 Å². The van der Waals surface area contributed by atoms with Gasteiger partial charge in [0.15, 0.2) is 0 Å². The highest BCUT2D eigenvalue weighted by Crippen LogP contribution is 2.22. The smallest absolute Gasteiger partial charge is 0.261 e. The first-order valence-electron chi connectivity index (χ1n) is 9.03. The van der Waals surface area contributed by atoms with Gasteiger partial charge in [0.1, 0.15) is 0 Å². The van der Waals surface area contributed by atoms with Crippen LogP contribution in [0.3, 0.4) is 0 Å². The fraction of sp³-hybridized carbons (Fsp3) is 0.350. The lowest BCUT2D eigenvalue weighted by atomic mass is 10.0. The predicted molar refractivity (Wildman–Crippen MR) is 110 cm³/mol. The molecule has 1 aliphatic heterocycles. The standard InChI is InChI=1S/C20H23BrN2O3S/c1-15-4-3-12-23(13-11-15)20(24)16-5-2-6-19(14-16)27(25,26)22-18-9-7-17(21)8-10-18/h2,5-10,14-15,22H,3-4,11-13H2,1H3. The summed E-state index contributed by atoms with van der Waals surface area (Å²) >= 11 is 3.32. The highest BCUT2D eigenvalue weighted by atomic mass is 79.9. The predicted octanol–water partition coefficient (Wildman–Crippen LogP) is 4.51. The first kappa shape index (κ1) is 19.9. The van der Waals surface area contributed by atoms with E-state index in [9.17, 15) is 13.2 Å². The Morgan fingerprint density at radius 2 is 1.85 bits per heavy atom. The van der Waals surface area contributed by atoms with E-state index in [2.05, 4.69) is 27.6 Å². The maximum atomic E-state index is 12.8. The minimum Gasteiger partial charge on any atom is -0.339 e. The van der Waals surface area contributed by atoms with Gasteiger partial charge in [0.25, 0.3) is 15.9 Å². The Balaban J connectivity index is 1.79. The van der Waals surface area contributed by atoms with Crippen LogP contribution in [0.2, 0.25) is 0 Å². The fourth-order valence-electron chi connectivity index (χ4n) is 3.18. The summed E-state index contributed by atoms with van der Waals surface area (Å²) in [7, 11) is -3.76. The molecule has 1 atom stereocenters. The quantitative estimate of drug-likeness (QED) is 0.744. The summed E-state index contributed by atoms with van der Waals surface area (Å²) in [6.45, 7) is 3.64. The third-order valence-corrected chi connectivity index (χ3v) is 6.70. The maximum Gasteiger partial charge on any atom is 0.261 e. The van der Waals surface area contributed by atoms with Gasteiger partial charge in [-0.2, -0.15) is 0 Å². The Morgan fingerprint density at radius 3 is 2.59 bits per heavy atom. The molecule has 1 N–H and O–H groups in total. The van der Waals surface area contributed by atoms with E-state index in [4.69, 9.17) is 0 Å². The van der Waals surface area contributed by atoms with Gasteiger partial charge in [0, 0.05) is 28.8 Å². The van der Waals surface area contributed by atoms with Crippen LogP contribution in [0.25, 0.3) is 0 Å². The van der Waals surface area contributed by atoms with E-state index >= 15 is 0 Å². The number of nitrogens with zero attached hydrogens (tertiary/aromatic N) is 1. The summed E-state index contributed by atoms with van der Waals surface area (Å²) in [5.41, 5.74) is 0.875. The van der Waals surface area contributed by atoms with Crippen molar-refractivity contribution in [1.82, 2.24) is 4.90 Å². The average Bonchev–Trinajstić information content (AvgIpc) is 2.87. The molecule has 2 aromatic rings. The van der Waals surface area contributed by atoms with Gasteiger partial charge in [-0.05, 0) is 67.6 Å². The van der Waals surface area contributed by atoms with Crippen molar-refractivity contribution in [2.45, 2.75) is 31.1 Å². The molecule has 27 heavy (non-hydrogen) atoms. The zero-order valence-electron chi connectivity index (χ0n) is 15.2. The zero-order chi connectivity index (χ0) is 19.4. The summed E-state index contributed by atoms with van der Waals surface area (Å²) in [6, 6.07) is 13.1. The monoisotopic (exact) mass is 450 g/mol. The lowest BCUT2D eigenvalue weighted by molar-refractivity contribution is 0.0760. The molecule has 0 aromatic heterocycles. The number of nitrogens with one attached hydrogen (secondary N) is 1. The molecule has 144 valence electrons. The highest BCUT2D eigenvalue weighted by molar-refractivity contribution is 9.10. The number of benzene rings is 2. The molecule has 0 bridgehead atoms. The summed E-state index contributed by atoms with van der Waals surface area (Å²) in [5.74, 6) is 0.509. The number of rotatable bonds is 4. The van der Waals surface area contributed by atoms with Gasteiger partial charge in [-0.3, -0.25) is 9.52 Å². The normalized spacial score (nSPS) is 18.0. The number of carbonyl (C=O) groups is 1. The molecule has 3 rings (SSSR count). The molecule has 1 heterocycles. The van der Waals surface area contributed by atoms with Gasteiger partial charge in [0.05, 0.1) is 4.90 Å². The summed E-state index contributed by atoms with van der Waals surface area (Å²) in [5, 5.41) is 0. The van der Waals surface area contributed by atoms with E-state index in [-0.39, 0.29) is 10.8 Å². The van der Waals surface area contributed by atoms with E-state index in [1.54, 1.807) is 36.4 Å². The Labute approximate surface area is 169 Å². The van der Waals surface area contributed by atoms with Crippen LogP contribution in [-0.2, 0) is 10.0 Å². The van der Waals surface area contributed by atoms with Gasteiger partial charge in [-0.1, -0.05) is 28.9 Å². The van der Waals surface area contributed by atoms with Crippen molar-refractivity contribution >= 4 is 37.5 Å². The van der Waals surface area contributed by atoms with Crippen molar-refractivity contribution in [3.63, 3.8) is 0 Å². The second-order valence-corrected chi connectivity index (χ2v) is 9.57. The van der Waals surface area contributed by atoms with Crippen molar-refractivity contribution in [2.24, 2.45) is 5.92 Å². The number of sulfonamides is 1. The summed E-state index contributed by atoms with van der Waals surface area (Å²) in [4.78, 5) is 14.8. The number of likely N-dealkylation sites (tertiary alicyclic amines) is 1. The van der Waals surface area contributed by atoms with Crippen molar-refractivity contribution in [1.29, 1.82) is 0 Å².